The van der Waals surface area contributed by atoms with Gasteiger partial charge < -0.3 is 4.74 Å². The van der Waals surface area contributed by atoms with Gasteiger partial charge in [0.2, 0.25) is 0 Å². The molecule has 0 bridgehead atoms. The number of hydrogen-bond donors (Lipinski definition) is 1. The first-order chi connectivity index (χ1) is 8.28. The van der Waals surface area contributed by atoms with Gasteiger partial charge in [-0.05, 0) is 39.0 Å². The van der Waals surface area contributed by atoms with E-state index in [0.29, 0.717) is 0 Å². The van der Waals surface area contributed by atoms with E-state index in [9.17, 15) is 13.6 Å². The third-order valence-corrected chi connectivity index (χ3v) is 1.77. The standard InChI is InChI=1S/C12H15F2NO3/c1-12(2,3)18-15-10(16)8-5-4-6-9(7-8)17-11(13)14/h4-7,11H,1-3H3,(H,15,16). The summed E-state index contributed by atoms with van der Waals surface area (Å²) >= 11 is 0. The molecule has 0 radical (unpaired) electrons. The van der Waals surface area contributed by atoms with Gasteiger partial charge >= 0.3 is 6.61 Å². The maximum Gasteiger partial charge on any atom is 0.387 e. The zero-order valence-corrected chi connectivity index (χ0v) is 10.4. The molecule has 4 nitrogen and oxygen atoms in total. The minimum absolute atomic E-state index is 0.0755. The van der Waals surface area contributed by atoms with E-state index in [2.05, 4.69) is 10.2 Å². The highest BCUT2D eigenvalue weighted by atomic mass is 19.3. The third-order valence-electron chi connectivity index (χ3n) is 1.77. The van der Waals surface area contributed by atoms with Crippen LogP contribution in [0.2, 0.25) is 0 Å². The first-order valence-electron chi connectivity index (χ1n) is 5.31. The van der Waals surface area contributed by atoms with E-state index in [4.69, 9.17) is 4.84 Å². The number of ether oxygens (including phenoxy) is 1. The molecule has 0 saturated heterocycles. The summed E-state index contributed by atoms with van der Waals surface area (Å²) < 4.78 is 28.2. The Morgan fingerprint density at radius 1 is 1.33 bits per heavy atom. The fourth-order valence-electron chi connectivity index (χ4n) is 1.07. The van der Waals surface area contributed by atoms with Crippen molar-refractivity contribution >= 4 is 5.91 Å². The van der Waals surface area contributed by atoms with Gasteiger partial charge in [-0.2, -0.15) is 8.78 Å². The monoisotopic (exact) mass is 259 g/mol. The predicted octanol–water partition coefficient (Wildman–Crippen LogP) is 2.75. The zero-order valence-electron chi connectivity index (χ0n) is 10.4. The van der Waals surface area contributed by atoms with Gasteiger partial charge in [0, 0.05) is 5.56 Å². The molecule has 6 heteroatoms. The number of alkyl halides is 2. The highest BCUT2D eigenvalue weighted by Crippen LogP contribution is 2.16. The van der Waals surface area contributed by atoms with E-state index < -0.39 is 18.1 Å². The van der Waals surface area contributed by atoms with Crippen LogP contribution in [0.15, 0.2) is 24.3 Å². The highest BCUT2D eigenvalue weighted by molar-refractivity contribution is 5.93. The van der Waals surface area contributed by atoms with Crippen LogP contribution in [0.3, 0.4) is 0 Å². The summed E-state index contributed by atoms with van der Waals surface area (Å²) in [6, 6.07) is 5.48. The van der Waals surface area contributed by atoms with Crippen molar-refractivity contribution in [2.75, 3.05) is 0 Å². The lowest BCUT2D eigenvalue weighted by Crippen LogP contribution is -2.33. The summed E-state index contributed by atoms with van der Waals surface area (Å²) in [5, 5.41) is 0. The summed E-state index contributed by atoms with van der Waals surface area (Å²) in [5.41, 5.74) is 1.88. The van der Waals surface area contributed by atoms with Crippen molar-refractivity contribution in [1.29, 1.82) is 0 Å². The summed E-state index contributed by atoms with van der Waals surface area (Å²) in [6.07, 6.45) is 0. The van der Waals surface area contributed by atoms with Crippen LogP contribution in [0.25, 0.3) is 0 Å². The van der Waals surface area contributed by atoms with Crippen LogP contribution in [0.1, 0.15) is 31.1 Å². The summed E-state index contributed by atoms with van der Waals surface area (Å²) in [4.78, 5) is 16.7. The molecule has 0 heterocycles. The molecule has 0 aliphatic carbocycles. The number of carbonyl (C=O) groups is 1. The third kappa shape index (κ3) is 5.09. The number of hydroxylamine groups is 1. The molecule has 1 N–H and O–H groups in total. The first kappa shape index (κ1) is 14.4. The molecule has 0 spiro atoms. The molecule has 1 aromatic carbocycles. The van der Waals surface area contributed by atoms with Crippen molar-refractivity contribution in [2.45, 2.75) is 33.0 Å². The van der Waals surface area contributed by atoms with Gasteiger partial charge in [-0.25, -0.2) is 5.48 Å². The lowest BCUT2D eigenvalue weighted by molar-refractivity contribution is -0.0591. The molecular weight excluding hydrogens is 244 g/mol. The molecule has 0 aromatic heterocycles. The summed E-state index contributed by atoms with van der Waals surface area (Å²) in [5.74, 6) is -0.599. The molecule has 1 aromatic rings. The summed E-state index contributed by atoms with van der Waals surface area (Å²) in [7, 11) is 0. The number of benzene rings is 1. The average Bonchev–Trinajstić information content (AvgIpc) is 2.24. The number of nitrogens with one attached hydrogen (secondary N) is 1. The maximum absolute atomic E-state index is 12.0. The van der Waals surface area contributed by atoms with E-state index in [1.807, 2.05) is 0 Å². The molecule has 100 valence electrons. The normalized spacial score (nSPS) is 11.4. The van der Waals surface area contributed by atoms with Gasteiger partial charge in [0.25, 0.3) is 5.91 Å². The van der Waals surface area contributed by atoms with Crippen molar-refractivity contribution in [3.05, 3.63) is 29.8 Å². The minimum Gasteiger partial charge on any atom is -0.435 e. The largest absolute Gasteiger partial charge is 0.435 e. The van der Waals surface area contributed by atoms with Gasteiger partial charge in [0.1, 0.15) is 5.75 Å². The quantitative estimate of drug-likeness (QED) is 0.846. The van der Waals surface area contributed by atoms with Crippen LogP contribution in [-0.2, 0) is 4.84 Å². The molecule has 1 rings (SSSR count). The van der Waals surface area contributed by atoms with E-state index in [1.54, 1.807) is 20.8 Å². The Balaban J connectivity index is 2.68. The van der Waals surface area contributed by atoms with Gasteiger partial charge in [0.15, 0.2) is 0 Å². The number of hydrogen-bond acceptors (Lipinski definition) is 3. The van der Waals surface area contributed by atoms with Crippen molar-refractivity contribution < 1.29 is 23.1 Å². The Morgan fingerprint density at radius 2 is 2.00 bits per heavy atom. The number of amides is 1. The molecule has 0 saturated carbocycles. The maximum atomic E-state index is 12.0. The predicted molar refractivity (Wildman–Crippen MR) is 61.4 cm³/mol. The second kappa shape index (κ2) is 5.77. The van der Waals surface area contributed by atoms with Gasteiger partial charge in [-0.3, -0.25) is 9.63 Å². The van der Waals surface area contributed by atoms with Crippen LogP contribution in [-0.4, -0.2) is 18.1 Å². The average molecular weight is 259 g/mol. The molecule has 18 heavy (non-hydrogen) atoms. The molecule has 1 amide bonds. The van der Waals surface area contributed by atoms with E-state index >= 15 is 0 Å². The van der Waals surface area contributed by atoms with Crippen molar-refractivity contribution in [3.8, 4) is 5.75 Å². The van der Waals surface area contributed by atoms with Crippen LogP contribution < -0.4 is 10.2 Å². The molecule has 0 aliphatic heterocycles. The van der Waals surface area contributed by atoms with E-state index in [0.717, 1.165) is 0 Å². The fourth-order valence-corrected chi connectivity index (χ4v) is 1.07. The Labute approximate surface area is 104 Å². The van der Waals surface area contributed by atoms with Crippen molar-refractivity contribution in [1.82, 2.24) is 5.48 Å². The second-order valence-electron chi connectivity index (χ2n) is 4.55. The van der Waals surface area contributed by atoms with Crippen molar-refractivity contribution in [2.24, 2.45) is 0 Å². The minimum atomic E-state index is -2.92. The lowest BCUT2D eigenvalue weighted by atomic mass is 10.2. The van der Waals surface area contributed by atoms with Crippen LogP contribution in [0.5, 0.6) is 5.75 Å². The van der Waals surface area contributed by atoms with Gasteiger partial charge in [-0.1, -0.05) is 6.07 Å². The van der Waals surface area contributed by atoms with Gasteiger partial charge in [-0.15, -0.1) is 0 Å². The Morgan fingerprint density at radius 3 is 2.56 bits per heavy atom. The highest BCUT2D eigenvalue weighted by Gasteiger charge is 2.14. The number of rotatable bonds is 4. The fraction of sp³-hybridized carbons (Fsp3) is 0.417. The Kier molecular flexibility index (Phi) is 4.61. The molecule has 0 atom stereocenters. The SMILES string of the molecule is CC(C)(C)ONC(=O)c1cccc(OC(F)F)c1. The van der Waals surface area contributed by atoms with Crippen LogP contribution in [0, 0.1) is 0 Å². The number of halogens is 2. The van der Waals surface area contributed by atoms with Crippen molar-refractivity contribution in [3.63, 3.8) is 0 Å². The van der Waals surface area contributed by atoms with Crippen LogP contribution >= 0.6 is 0 Å². The Hall–Kier alpha value is -1.69. The number of carbonyl (C=O) groups excluding carboxylic acids is 1. The summed E-state index contributed by atoms with van der Waals surface area (Å²) in [6.45, 7) is 2.38. The van der Waals surface area contributed by atoms with E-state index in [1.165, 1.54) is 24.3 Å². The topological polar surface area (TPSA) is 47.6 Å². The first-order valence-corrected chi connectivity index (χ1v) is 5.31. The van der Waals surface area contributed by atoms with Crippen LogP contribution in [0.4, 0.5) is 8.78 Å². The molecule has 0 fully saturated rings. The van der Waals surface area contributed by atoms with Gasteiger partial charge in [0.05, 0.1) is 5.60 Å². The second-order valence-corrected chi connectivity index (χ2v) is 4.55. The molecule has 0 unspecified atom stereocenters. The molecular formula is C12H15F2NO3. The lowest BCUT2D eigenvalue weighted by Gasteiger charge is -2.19. The Bertz CT molecular complexity index is 416. The smallest absolute Gasteiger partial charge is 0.387 e. The van der Waals surface area contributed by atoms with E-state index in [-0.39, 0.29) is 11.3 Å². The zero-order chi connectivity index (χ0) is 13.8. The molecule has 0 aliphatic rings.